The molecule has 1 fully saturated rings. The van der Waals surface area contributed by atoms with Gasteiger partial charge in [0, 0.05) is 48.4 Å². The maximum Gasteiger partial charge on any atom is 0.297 e. The number of benzene rings is 1. The number of aromatic nitrogens is 5. The van der Waals surface area contributed by atoms with Gasteiger partial charge >= 0.3 is 0 Å². The Kier molecular flexibility index (Phi) is 4.85. The van der Waals surface area contributed by atoms with Crippen molar-refractivity contribution in [1.29, 1.82) is 0 Å². The number of pyridine rings is 1. The zero-order chi connectivity index (χ0) is 21.4. The third-order valence-corrected chi connectivity index (χ3v) is 5.31. The van der Waals surface area contributed by atoms with Gasteiger partial charge in [0.25, 0.3) is 12.0 Å². The molecule has 156 valence electrons. The van der Waals surface area contributed by atoms with Crippen LogP contribution in [0.3, 0.4) is 0 Å². The van der Waals surface area contributed by atoms with Crippen molar-refractivity contribution in [3.63, 3.8) is 0 Å². The van der Waals surface area contributed by atoms with Gasteiger partial charge in [0.2, 0.25) is 0 Å². The second kappa shape index (κ2) is 7.82. The first-order valence-electron chi connectivity index (χ1n) is 9.87. The van der Waals surface area contributed by atoms with Crippen LogP contribution in [0.25, 0.3) is 22.2 Å². The van der Waals surface area contributed by atoms with Crippen LogP contribution in [0, 0.1) is 5.92 Å². The second-order valence-corrected chi connectivity index (χ2v) is 7.47. The van der Waals surface area contributed by atoms with Crippen LogP contribution in [-0.2, 0) is 6.54 Å². The molecular formula is C22H18F2N6O. The van der Waals surface area contributed by atoms with Crippen LogP contribution in [0.5, 0.6) is 0 Å². The molecule has 1 aliphatic heterocycles. The van der Waals surface area contributed by atoms with Gasteiger partial charge in [-0.2, -0.15) is 5.10 Å². The van der Waals surface area contributed by atoms with Gasteiger partial charge < -0.3 is 4.90 Å². The molecule has 0 bridgehead atoms. The number of nitrogens with zero attached hydrogens (tertiary/aromatic N) is 6. The summed E-state index contributed by atoms with van der Waals surface area (Å²) in [6, 6.07) is 14.0. The number of rotatable bonds is 5. The number of hydrogen-bond acceptors (Lipinski definition) is 6. The molecule has 31 heavy (non-hydrogen) atoms. The van der Waals surface area contributed by atoms with Crippen molar-refractivity contribution in [1.82, 2.24) is 24.7 Å². The molecular weight excluding hydrogens is 402 g/mol. The Morgan fingerprint density at radius 1 is 1.03 bits per heavy atom. The molecule has 0 aliphatic carbocycles. The van der Waals surface area contributed by atoms with Gasteiger partial charge in [-0.25, -0.2) is 23.4 Å². The Balaban J connectivity index is 1.36. The van der Waals surface area contributed by atoms with Gasteiger partial charge in [-0.3, -0.25) is 9.78 Å². The quantitative estimate of drug-likeness (QED) is 0.493. The summed E-state index contributed by atoms with van der Waals surface area (Å²) in [7, 11) is 0. The minimum atomic E-state index is -2.74. The predicted octanol–water partition coefficient (Wildman–Crippen LogP) is 3.32. The molecule has 0 amide bonds. The molecule has 0 unspecified atom stereocenters. The first-order chi connectivity index (χ1) is 15.1. The van der Waals surface area contributed by atoms with Crippen molar-refractivity contribution in [2.75, 3.05) is 18.0 Å². The molecule has 7 nitrogen and oxygen atoms in total. The molecule has 0 radical (unpaired) electrons. The van der Waals surface area contributed by atoms with Crippen molar-refractivity contribution in [2.45, 2.75) is 13.0 Å². The molecule has 9 heteroatoms. The molecule has 5 rings (SSSR count). The minimum absolute atomic E-state index is 0.151. The van der Waals surface area contributed by atoms with E-state index in [1.165, 1.54) is 10.7 Å². The molecule has 0 spiro atoms. The van der Waals surface area contributed by atoms with E-state index in [1.54, 1.807) is 30.6 Å². The van der Waals surface area contributed by atoms with Crippen LogP contribution >= 0.6 is 0 Å². The van der Waals surface area contributed by atoms with Gasteiger partial charge in [0.15, 0.2) is 5.82 Å². The predicted molar refractivity (Wildman–Crippen MR) is 112 cm³/mol. The highest BCUT2D eigenvalue weighted by Gasteiger charge is 2.31. The lowest BCUT2D eigenvalue weighted by Crippen LogP contribution is -2.50. The molecule has 0 N–H and O–H groups in total. The van der Waals surface area contributed by atoms with E-state index >= 15 is 0 Å². The molecule has 1 saturated heterocycles. The Labute approximate surface area is 176 Å². The molecule has 3 aromatic heterocycles. The lowest BCUT2D eigenvalue weighted by atomic mass is 9.99. The monoisotopic (exact) mass is 420 g/mol. The van der Waals surface area contributed by atoms with Gasteiger partial charge in [0.1, 0.15) is 5.82 Å². The van der Waals surface area contributed by atoms with E-state index in [0.717, 1.165) is 10.9 Å². The fraction of sp³-hybridized carbons (Fsp3) is 0.227. The Hall–Kier alpha value is -3.75. The lowest BCUT2D eigenvalue weighted by Gasteiger charge is -2.40. The van der Waals surface area contributed by atoms with E-state index in [1.807, 2.05) is 29.2 Å². The smallest absolute Gasteiger partial charge is 0.297 e. The minimum Gasteiger partial charge on any atom is -0.355 e. The molecule has 4 aromatic rings. The van der Waals surface area contributed by atoms with E-state index in [0.29, 0.717) is 36.7 Å². The summed E-state index contributed by atoms with van der Waals surface area (Å²) in [5.41, 5.74) is 1.82. The Morgan fingerprint density at radius 3 is 2.65 bits per heavy atom. The maximum absolute atomic E-state index is 13.3. The largest absolute Gasteiger partial charge is 0.355 e. The number of fused-ring (bicyclic) bond motifs is 1. The second-order valence-electron chi connectivity index (χ2n) is 7.47. The van der Waals surface area contributed by atoms with E-state index in [9.17, 15) is 13.6 Å². The van der Waals surface area contributed by atoms with E-state index in [-0.39, 0.29) is 11.5 Å². The van der Waals surface area contributed by atoms with Crippen LogP contribution in [0.4, 0.5) is 14.6 Å². The SMILES string of the molecule is O=c1ccc(-c2cccnc2)nn1CC1CN(c2nc(C(F)F)nc3ccccc23)C1. The summed E-state index contributed by atoms with van der Waals surface area (Å²) >= 11 is 0. The van der Waals surface area contributed by atoms with E-state index in [4.69, 9.17) is 0 Å². The number of alkyl halides is 2. The first kappa shape index (κ1) is 19.2. The Bertz CT molecular complexity index is 1290. The van der Waals surface area contributed by atoms with Gasteiger partial charge in [-0.05, 0) is 30.3 Å². The number of hydrogen-bond donors (Lipinski definition) is 0. The summed E-state index contributed by atoms with van der Waals surface area (Å²) in [5.74, 6) is 0.179. The fourth-order valence-electron chi connectivity index (χ4n) is 3.77. The molecule has 1 aromatic carbocycles. The first-order valence-corrected chi connectivity index (χ1v) is 9.87. The molecule has 0 saturated carbocycles. The highest BCUT2D eigenvalue weighted by molar-refractivity contribution is 5.89. The highest BCUT2D eigenvalue weighted by Crippen LogP contribution is 2.31. The van der Waals surface area contributed by atoms with Gasteiger partial charge in [-0.15, -0.1) is 0 Å². The van der Waals surface area contributed by atoms with Crippen LogP contribution < -0.4 is 10.5 Å². The van der Waals surface area contributed by atoms with E-state index < -0.39 is 12.2 Å². The van der Waals surface area contributed by atoms with Crippen molar-refractivity contribution >= 4 is 16.7 Å². The topological polar surface area (TPSA) is 76.8 Å². The fourth-order valence-corrected chi connectivity index (χ4v) is 3.77. The standard InChI is InChI=1S/C22H18F2N6O/c23-20(24)21-26-18-6-2-1-5-16(18)22(27-21)29-11-14(12-29)13-30-19(31)8-7-17(28-30)15-4-3-9-25-10-15/h1-10,14,20H,11-13H2. The van der Waals surface area contributed by atoms with Gasteiger partial charge in [-0.1, -0.05) is 12.1 Å². The highest BCUT2D eigenvalue weighted by atomic mass is 19.3. The third-order valence-electron chi connectivity index (χ3n) is 5.31. The van der Waals surface area contributed by atoms with Crippen molar-refractivity contribution in [3.8, 4) is 11.3 Å². The van der Waals surface area contributed by atoms with Crippen molar-refractivity contribution in [2.24, 2.45) is 5.92 Å². The van der Waals surface area contributed by atoms with Gasteiger partial charge in [0.05, 0.1) is 17.8 Å². The van der Waals surface area contributed by atoms with E-state index in [2.05, 4.69) is 20.1 Å². The summed E-state index contributed by atoms with van der Waals surface area (Å²) in [6.07, 6.45) is 0.639. The van der Waals surface area contributed by atoms with Crippen LogP contribution in [-0.4, -0.2) is 37.8 Å². The summed E-state index contributed by atoms with van der Waals surface area (Å²) < 4.78 is 28.0. The average Bonchev–Trinajstić information content (AvgIpc) is 2.77. The molecule has 1 aliphatic rings. The molecule has 0 atom stereocenters. The lowest BCUT2D eigenvalue weighted by molar-refractivity contribution is 0.140. The zero-order valence-electron chi connectivity index (χ0n) is 16.4. The summed E-state index contributed by atoms with van der Waals surface area (Å²) in [5, 5.41) is 5.21. The summed E-state index contributed by atoms with van der Waals surface area (Å²) in [4.78, 5) is 26.4. The zero-order valence-corrected chi connectivity index (χ0v) is 16.4. The summed E-state index contributed by atoms with van der Waals surface area (Å²) in [6.45, 7) is 1.62. The number of anilines is 1. The average molecular weight is 420 g/mol. The normalized spacial score (nSPS) is 14.2. The van der Waals surface area contributed by atoms with Crippen LogP contribution in [0.15, 0.2) is 65.7 Å². The Morgan fingerprint density at radius 2 is 1.87 bits per heavy atom. The third kappa shape index (κ3) is 3.74. The maximum atomic E-state index is 13.3. The van der Waals surface area contributed by atoms with Crippen molar-refractivity contribution in [3.05, 3.63) is 77.1 Å². The van der Waals surface area contributed by atoms with Crippen LogP contribution in [0.1, 0.15) is 12.2 Å². The van der Waals surface area contributed by atoms with Crippen LogP contribution in [0.2, 0.25) is 0 Å². The number of para-hydroxylation sites is 1. The number of halogens is 2. The van der Waals surface area contributed by atoms with Crippen molar-refractivity contribution < 1.29 is 8.78 Å². The molecule has 4 heterocycles.